The second kappa shape index (κ2) is 6.25. The number of aryl methyl sites for hydroxylation is 3. The monoisotopic (exact) mass is 239 g/mol. The lowest BCUT2D eigenvalue weighted by Crippen LogP contribution is -1.92. The van der Waals surface area contributed by atoms with E-state index in [9.17, 15) is 0 Å². The topological polar surface area (TPSA) is 26.0 Å². The summed E-state index contributed by atoms with van der Waals surface area (Å²) in [6, 6.07) is 17.1. The van der Waals surface area contributed by atoms with E-state index in [-0.39, 0.29) is 0 Å². The van der Waals surface area contributed by atoms with Gasteiger partial charge in [-0.2, -0.15) is 0 Å². The van der Waals surface area contributed by atoms with Crippen LogP contribution in [0.25, 0.3) is 0 Å². The number of rotatable bonds is 5. The molecule has 1 nitrogen and oxygen atoms in total. The zero-order chi connectivity index (χ0) is 12.8. The van der Waals surface area contributed by atoms with E-state index in [1.165, 1.54) is 23.1 Å². The van der Waals surface area contributed by atoms with Crippen molar-refractivity contribution < 1.29 is 0 Å². The fraction of sp³-hybridized carbons (Fsp3) is 0.294. The maximum atomic E-state index is 5.77. The summed E-state index contributed by atoms with van der Waals surface area (Å²) in [6.07, 6.45) is 4.53. The zero-order valence-electron chi connectivity index (χ0n) is 11.0. The molecule has 0 aliphatic rings. The van der Waals surface area contributed by atoms with Crippen molar-refractivity contribution in [3.63, 3.8) is 0 Å². The Kier molecular flexibility index (Phi) is 4.40. The third kappa shape index (κ3) is 3.63. The van der Waals surface area contributed by atoms with Crippen molar-refractivity contribution in [2.75, 3.05) is 5.73 Å². The maximum Gasteiger partial charge on any atom is 0.0316 e. The Balaban J connectivity index is 1.84. The minimum atomic E-state index is 0.861. The lowest BCUT2D eigenvalue weighted by atomic mass is 10.0. The van der Waals surface area contributed by atoms with Gasteiger partial charge in [0.05, 0.1) is 0 Å². The number of benzene rings is 2. The van der Waals surface area contributed by atoms with Crippen LogP contribution < -0.4 is 5.73 Å². The van der Waals surface area contributed by atoms with Crippen molar-refractivity contribution in [1.29, 1.82) is 0 Å². The number of anilines is 1. The van der Waals surface area contributed by atoms with Crippen molar-refractivity contribution >= 4 is 5.69 Å². The standard InChI is InChI=1S/C17H21N/c1-2-14-9-11-15(12-10-14)5-3-6-16-7-4-8-17(18)13-16/h4,7-13H,2-3,5-6,18H2,1H3. The van der Waals surface area contributed by atoms with Gasteiger partial charge in [0.1, 0.15) is 0 Å². The second-order valence-corrected chi connectivity index (χ2v) is 4.77. The van der Waals surface area contributed by atoms with Crippen molar-refractivity contribution in [3.05, 3.63) is 65.2 Å². The lowest BCUT2D eigenvalue weighted by Gasteiger charge is -2.04. The highest BCUT2D eigenvalue weighted by Gasteiger charge is 1.97. The highest BCUT2D eigenvalue weighted by molar-refractivity contribution is 5.40. The van der Waals surface area contributed by atoms with Crippen LogP contribution in [0.4, 0.5) is 5.69 Å². The van der Waals surface area contributed by atoms with Crippen LogP contribution >= 0.6 is 0 Å². The third-order valence-electron chi connectivity index (χ3n) is 3.31. The fourth-order valence-electron chi connectivity index (χ4n) is 2.19. The average molecular weight is 239 g/mol. The fourth-order valence-corrected chi connectivity index (χ4v) is 2.19. The van der Waals surface area contributed by atoms with Gasteiger partial charge in [-0.3, -0.25) is 0 Å². The first-order valence-electron chi connectivity index (χ1n) is 6.70. The Morgan fingerprint density at radius 2 is 1.50 bits per heavy atom. The summed E-state index contributed by atoms with van der Waals surface area (Å²) in [5.41, 5.74) is 10.8. The van der Waals surface area contributed by atoms with Crippen LogP contribution in [0.1, 0.15) is 30.0 Å². The number of nitrogen functional groups attached to an aromatic ring is 1. The molecule has 0 aliphatic heterocycles. The molecule has 0 fully saturated rings. The molecule has 0 unspecified atom stereocenters. The molecule has 0 aliphatic carbocycles. The first-order valence-corrected chi connectivity index (χ1v) is 6.70. The van der Waals surface area contributed by atoms with E-state index in [0.29, 0.717) is 0 Å². The normalized spacial score (nSPS) is 10.5. The van der Waals surface area contributed by atoms with Crippen LogP contribution in [-0.4, -0.2) is 0 Å². The Morgan fingerprint density at radius 1 is 0.833 bits per heavy atom. The van der Waals surface area contributed by atoms with Crippen LogP contribution in [0.2, 0.25) is 0 Å². The quantitative estimate of drug-likeness (QED) is 0.784. The van der Waals surface area contributed by atoms with E-state index in [2.05, 4.69) is 43.3 Å². The molecule has 1 heteroatoms. The van der Waals surface area contributed by atoms with Crippen LogP contribution in [0, 0.1) is 0 Å². The molecule has 0 radical (unpaired) electrons. The molecule has 0 amide bonds. The Hall–Kier alpha value is -1.76. The molecule has 18 heavy (non-hydrogen) atoms. The van der Waals surface area contributed by atoms with Crippen molar-refractivity contribution in [1.82, 2.24) is 0 Å². The van der Waals surface area contributed by atoms with Gasteiger partial charge in [-0.25, -0.2) is 0 Å². The molecule has 0 saturated carbocycles. The predicted molar refractivity (Wildman–Crippen MR) is 78.7 cm³/mol. The molecule has 0 aromatic heterocycles. The summed E-state index contributed by atoms with van der Waals surface area (Å²) in [6.45, 7) is 2.19. The summed E-state index contributed by atoms with van der Waals surface area (Å²) < 4.78 is 0. The van der Waals surface area contributed by atoms with Crippen LogP contribution in [0.5, 0.6) is 0 Å². The van der Waals surface area contributed by atoms with E-state index in [1.807, 2.05) is 12.1 Å². The maximum absolute atomic E-state index is 5.77. The molecule has 0 heterocycles. The van der Waals surface area contributed by atoms with Gasteiger partial charge < -0.3 is 5.73 Å². The van der Waals surface area contributed by atoms with Gasteiger partial charge in [0, 0.05) is 5.69 Å². The Labute approximate surface area is 110 Å². The van der Waals surface area contributed by atoms with E-state index >= 15 is 0 Å². The molecule has 0 spiro atoms. The summed E-state index contributed by atoms with van der Waals surface area (Å²) in [5, 5.41) is 0. The summed E-state index contributed by atoms with van der Waals surface area (Å²) >= 11 is 0. The molecule has 2 N–H and O–H groups in total. The van der Waals surface area contributed by atoms with Crippen molar-refractivity contribution in [2.45, 2.75) is 32.6 Å². The van der Waals surface area contributed by atoms with Crippen molar-refractivity contribution in [3.8, 4) is 0 Å². The molecule has 2 aromatic carbocycles. The highest BCUT2D eigenvalue weighted by Crippen LogP contribution is 2.12. The molecular formula is C17H21N. The first kappa shape index (κ1) is 12.7. The SMILES string of the molecule is CCc1ccc(CCCc2cccc(N)c2)cc1. The number of hydrogen-bond acceptors (Lipinski definition) is 1. The van der Waals surface area contributed by atoms with Gasteiger partial charge in [0.15, 0.2) is 0 Å². The first-order chi connectivity index (χ1) is 8.78. The highest BCUT2D eigenvalue weighted by atomic mass is 14.5. The summed E-state index contributed by atoms with van der Waals surface area (Å²) in [4.78, 5) is 0. The van der Waals surface area contributed by atoms with Crippen LogP contribution in [0.15, 0.2) is 48.5 Å². The Morgan fingerprint density at radius 3 is 2.17 bits per heavy atom. The molecule has 2 rings (SSSR count). The second-order valence-electron chi connectivity index (χ2n) is 4.77. The number of hydrogen-bond donors (Lipinski definition) is 1. The minimum Gasteiger partial charge on any atom is -0.399 e. The van der Waals surface area contributed by atoms with Crippen molar-refractivity contribution in [2.24, 2.45) is 0 Å². The number of nitrogens with two attached hydrogens (primary N) is 1. The summed E-state index contributed by atoms with van der Waals surface area (Å²) in [7, 11) is 0. The van der Waals surface area contributed by atoms with E-state index in [4.69, 9.17) is 5.73 Å². The third-order valence-corrected chi connectivity index (χ3v) is 3.31. The van der Waals surface area contributed by atoms with Crippen LogP contribution in [0.3, 0.4) is 0 Å². The van der Waals surface area contributed by atoms with E-state index < -0.39 is 0 Å². The smallest absolute Gasteiger partial charge is 0.0316 e. The van der Waals surface area contributed by atoms with Crippen LogP contribution in [-0.2, 0) is 19.3 Å². The predicted octanol–water partition coefficient (Wildman–Crippen LogP) is 4.01. The van der Waals surface area contributed by atoms with E-state index in [1.54, 1.807) is 0 Å². The molecule has 0 atom stereocenters. The largest absolute Gasteiger partial charge is 0.399 e. The molecule has 2 aromatic rings. The van der Waals surface area contributed by atoms with Gasteiger partial charge in [-0.05, 0) is 54.5 Å². The van der Waals surface area contributed by atoms with Gasteiger partial charge in [-0.15, -0.1) is 0 Å². The van der Waals surface area contributed by atoms with Gasteiger partial charge >= 0.3 is 0 Å². The average Bonchev–Trinajstić information content (AvgIpc) is 2.40. The molecule has 0 bridgehead atoms. The zero-order valence-corrected chi connectivity index (χ0v) is 11.0. The molecule has 0 saturated heterocycles. The van der Waals surface area contributed by atoms with Gasteiger partial charge in [0.2, 0.25) is 0 Å². The van der Waals surface area contributed by atoms with E-state index in [0.717, 1.165) is 24.9 Å². The Bertz CT molecular complexity index is 485. The van der Waals surface area contributed by atoms with Gasteiger partial charge in [-0.1, -0.05) is 43.3 Å². The minimum absolute atomic E-state index is 0.861. The molecular weight excluding hydrogens is 218 g/mol. The lowest BCUT2D eigenvalue weighted by molar-refractivity contribution is 0.820. The summed E-state index contributed by atoms with van der Waals surface area (Å²) in [5.74, 6) is 0. The molecule has 94 valence electrons. The van der Waals surface area contributed by atoms with Gasteiger partial charge in [0.25, 0.3) is 0 Å².